The van der Waals surface area contributed by atoms with Gasteiger partial charge in [0.25, 0.3) is 5.91 Å². The van der Waals surface area contributed by atoms with Crippen LogP contribution < -0.4 is 10.6 Å². The Labute approximate surface area is 178 Å². The van der Waals surface area contributed by atoms with E-state index < -0.39 is 5.95 Å². The van der Waals surface area contributed by atoms with Crippen LogP contribution in [0.4, 0.5) is 15.8 Å². The molecule has 4 aromatic heterocycles. The lowest BCUT2D eigenvalue weighted by molar-refractivity contribution is -0.113. The van der Waals surface area contributed by atoms with Crippen molar-refractivity contribution in [3.05, 3.63) is 60.2 Å². The van der Waals surface area contributed by atoms with Crippen LogP contribution in [0.2, 0.25) is 0 Å². The van der Waals surface area contributed by atoms with Crippen molar-refractivity contribution in [2.75, 3.05) is 16.5 Å². The molecule has 0 unspecified atom stereocenters. The molecule has 2 amide bonds. The number of pyridine rings is 2. The van der Waals surface area contributed by atoms with Gasteiger partial charge in [0, 0.05) is 18.0 Å². The van der Waals surface area contributed by atoms with E-state index in [0.717, 1.165) is 10.4 Å². The summed E-state index contributed by atoms with van der Waals surface area (Å²) in [4.78, 5) is 33.6. The molecule has 0 spiro atoms. The number of alkyl halides is 1. The van der Waals surface area contributed by atoms with Crippen LogP contribution in [0.3, 0.4) is 0 Å². The van der Waals surface area contributed by atoms with Crippen molar-refractivity contribution in [1.29, 1.82) is 0 Å². The molecule has 0 saturated carbocycles. The minimum absolute atomic E-state index is 0.186. The molecule has 0 bridgehead atoms. The molecule has 11 heteroatoms. The highest BCUT2D eigenvalue weighted by molar-refractivity contribution is 7.21. The third kappa shape index (κ3) is 4.00. The number of rotatable bonds is 5. The minimum Gasteiger partial charge on any atom is -0.324 e. The monoisotopic (exact) mass is 444 g/mol. The first-order valence-electron chi connectivity index (χ1n) is 8.67. The van der Waals surface area contributed by atoms with Crippen LogP contribution in [0.25, 0.3) is 15.3 Å². The van der Waals surface area contributed by atoms with Gasteiger partial charge in [-0.3, -0.25) is 14.6 Å². The third-order valence-electron chi connectivity index (χ3n) is 4.19. The predicted molar refractivity (Wildman–Crippen MR) is 113 cm³/mol. The summed E-state index contributed by atoms with van der Waals surface area (Å²) in [7, 11) is 0. The zero-order valence-electron chi connectivity index (χ0n) is 15.5. The summed E-state index contributed by atoms with van der Waals surface area (Å²) in [6, 6.07) is 4.50. The Morgan fingerprint density at radius 2 is 2.03 bits per heavy atom. The fourth-order valence-electron chi connectivity index (χ4n) is 2.71. The van der Waals surface area contributed by atoms with E-state index in [1.165, 1.54) is 36.0 Å². The Morgan fingerprint density at radius 3 is 2.77 bits per heavy atom. The molecule has 0 aliphatic carbocycles. The molecular weight excluding hydrogens is 431 g/mol. The highest BCUT2D eigenvalue weighted by Gasteiger charge is 2.18. The smallest absolute Gasteiger partial charge is 0.260 e. The minimum atomic E-state index is -0.561. The maximum Gasteiger partial charge on any atom is 0.260 e. The van der Waals surface area contributed by atoms with Crippen LogP contribution in [0.1, 0.15) is 16.1 Å². The number of halogens is 2. The molecule has 4 rings (SSSR count). The van der Waals surface area contributed by atoms with Crippen molar-refractivity contribution in [3.63, 3.8) is 0 Å². The molecule has 0 aliphatic rings. The molecule has 4 aromatic rings. The zero-order chi connectivity index (χ0) is 21.3. The van der Waals surface area contributed by atoms with Crippen LogP contribution in [-0.2, 0) is 4.79 Å². The van der Waals surface area contributed by atoms with E-state index in [-0.39, 0.29) is 17.7 Å². The standard InChI is InChI=1S/C19H14ClFN6O2S/c1-10-14(4-12(7-22-10)25-17(28)5-20)26-18(29)13-8-24-27-9-15(30-19(13)27)11-2-3-16(21)23-6-11/h2-4,6-9H,5H2,1H3,(H,25,28)(H,26,29). The first kappa shape index (κ1) is 19.9. The van der Waals surface area contributed by atoms with E-state index in [1.54, 1.807) is 29.8 Å². The summed E-state index contributed by atoms with van der Waals surface area (Å²) >= 11 is 6.84. The van der Waals surface area contributed by atoms with Crippen molar-refractivity contribution in [3.8, 4) is 10.4 Å². The highest BCUT2D eigenvalue weighted by atomic mass is 35.5. The van der Waals surface area contributed by atoms with Crippen molar-refractivity contribution >= 4 is 51.0 Å². The second kappa shape index (κ2) is 8.17. The summed E-state index contributed by atoms with van der Waals surface area (Å²) in [6.45, 7) is 1.74. The number of thiazole rings is 1. The maximum atomic E-state index is 13.1. The van der Waals surface area contributed by atoms with Gasteiger partial charge in [0.2, 0.25) is 11.9 Å². The van der Waals surface area contributed by atoms with Crippen molar-refractivity contribution in [1.82, 2.24) is 19.6 Å². The van der Waals surface area contributed by atoms with Gasteiger partial charge in [-0.05, 0) is 25.1 Å². The van der Waals surface area contributed by atoms with Crippen LogP contribution in [0.5, 0.6) is 0 Å². The van der Waals surface area contributed by atoms with Gasteiger partial charge in [-0.15, -0.1) is 22.9 Å². The van der Waals surface area contributed by atoms with Gasteiger partial charge in [0.15, 0.2) is 0 Å². The molecule has 8 nitrogen and oxygen atoms in total. The molecule has 2 N–H and O–H groups in total. The number of nitrogens with one attached hydrogen (secondary N) is 2. The lowest BCUT2D eigenvalue weighted by atomic mass is 10.2. The number of anilines is 2. The summed E-state index contributed by atoms with van der Waals surface area (Å²) in [5.74, 6) is -1.50. The Kier molecular flexibility index (Phi) is 5.42. The molecule has 0 saturated heterocycles. The predicted octanol–water partition coefficient (Wildman–Crippen LogP) is 3.73. The number of hydrogen-bond donors (Lipinski definition) is 2. The Balaban J connectivity index is 1.60. The summed E-state index contributed by atoms with van der Waals surface area (Å²) in [5.41, 5.74) is 2.55. The number of carbonyl (C=O) groups excluding carboxylic acids is 2. The molecule has 0 radical (unpaired) electrons. The molecule has 0 aliphatic heterocycles. The van der Waals surface area contributed by atoms with Crippen molar-refractivity contribution in [2.24, 2.45) is 0 Å². The Hall–Kier alpha value is -3.37. The van der Waals surface area contributed by atoms with E-state index in [0.29, 0.717) is 27.5 Å². The number of amides is 2. The van der Waals surface area contributed by atoms with Gasteiger partial charge in [-0.1, -0.05) is 0 Å². The highest BCUT2D eigenvalue weighted by Crippen LogP contribution is 2.30. The largest absolute Gasteiger partial charge is 0.324 e. The van der Waals surface area contributed by atoms with Gasteiger partial charge >= 0.3 is 0 Å². The number of fused-ring (bicyclic) bond motifs is 1. The SMILES string of the molecule is Cc1ncc(NC(=O)CCl)cc1NC(=O)c1cnn2cc(-c3ccc(F)nc3)sc12. The molecule has 152 valence electrons. The average Bonchev–Trinajstić information content (AvgIpc) is 3.31. The first-order valence-corrected chi connectivity index (χ1v) is 10.0. The maximum absolute atomic E-state index is 13.1. The number of hydrogen-bond acceptors (Lipinski definition) is 6. The number of aryl methyl sites for hydroxylation is 1. The number of carbonyl (C=O) groups is 2. The normalized spacial score (nSPS) is 10.9. The second-order valence-corrected chi connectivity index (χ2v) is 7.56. The van der Waals surface area contributed by atoms with E-state index in [1.807, 2.05) is 0 Å². The van der Waals surface area contributed by atoms with Crippen LogP contribution in [-0.4, -0.2) is 37.3 Å². The Morgan fingerprint density at radius 1 is 1.20 bits per heavy atom. The van der Waals surface area contributed by atoms with Gasteiger partial charge in [0.1, 0.15) is 10.7 Å². The molecule has 4 heterocycles. The molecule has 0 aromatic carbocycles. The van der Waals surface area contributed by atoms with E-state index in [2.05, 4.69) is 25.7 Å². The summed E-state index contributed by atoms with van der Waals surface area (Å²) in [6.07, 6.45) is 6.13. The van der Waals surface area contributed by atoms with Gasteiger partial charge in [-0.2, -0.15) is 9.49 Å². The van der Waals surface area contributed by atoms with Crippen molar-refractivity contribution < 1.29 is 14.0 Å². The van der Waals surface area contributed by atoms with E-state index in [9.17, 15) is 14.0 Å². The fraction of sp³-hybridized carbons (Fsp3) is 0.105. The fourth-order valence-corrected chi connectivity index (χ4v) is 3.82. The van der Waals surface area contributed by atoms with E-state index in [4.69, 9.17) is 11.6 Å². The van der Waals surface area contributed by atoms with E-state index >= 15 is 0 Å². The quantitative estimate of drug-likeness (QED) is 0.361. The first-order chi connectivity index (χ1) is 14.4. The average molecular weight is 445 g/mol. The van der Waals surface area contributed by atoms with Crippen molar-refractivity contribution in [2.45, 2.75) is 6.92 Å². The van der Waals surface area contributed by atoms with Crippen LogP contribution in [0, 0.1) is 12.9 Å². The lowest BCUT2D eigenvalue weighted by Crippen LogP contribution is -2.15. The molecule has 30 heavy (non-hydrogen) atoms. The van der Waals surface area contributed by atoms with Crippen LogP contribution in [0.15, 0.2) is 43.0 Å². The molecular formula is C19H14ClFN6O2S. The number of aromatic nitrogens is 4. The second-order valence-electron chi connectivity index (χ2n) is 6.27. The van der Waals surface area contributed by atoms with Crippen LogP contribution >= 0.6 is 22.9 Å². The molecule has 0 atom stereocenters. The summed E-state index contributed by atoms with van der Waals surface area (Å²) < 4.78 is 14.6. The lowest BCUT2D eigenvalue weighted by Gasteiger charge is -2.10. The Bertz CT molecular complexity index is 1250. The topological polar surface area (TPSA) is 101 Å². The van der Waals surface area contributed by atoms with Gasteiger partial charge < -0.3 is 10.6 Å². The third-order valence-corrected chi connectivity index (χ3v) is 5.60. The molecule has 0 fully saturated rings. The summed E-state index contributed by atoms with van der Waals surface area (Å²) in [5, 5.41) is 9.61. The number of nitrogens with zero attached hydrogens (tertiary/aromatic N) is 4. The van der Waals surface area contributed by atoms with Gasteiger partial charge in [0.05, 0.1) is 39.9 Å². The zero-order valence-corrected chi connectivity index (χ0v) is 17.1. The van der Waals surface area contributed by atoms with Gasteiger partial charge in [-0.25, -0.2) is 9.50 Å².